The normalized spacial score (nSPS) is 10.9. The summed E-state index contributed by atoms with van der Waals surface area (Å²) in [4.78, 5) is 17.8. The van der Waals surface area contributed by atoms with E-state index in [2.05, 4.69) is 15.1 Å². The van der Waals surface area contributed by atoms with Crippen molar-refractivity contribution in [3.63, 3.8) is 0 Å². The van der Waals surface area contributed by atoms with E-state index in [4.69, 9.17) is 0 Å². The Kier molecular flexibility index (Phi) is 1.65. The maximum atomic E-state index is 11.1. The van der Waals surface area contributed by atoms with Gasteiger partial charge in [-0.1, -0.05) is 6.92 Å². The lowest BCUT2D eigenvalue weighted by Gasteiger charge is -1.97. The molecule has 0 saturated carbocycles. The van der Waals surface area contributed by atoms with Crippen molar-refractivity contribution in [3.8, 4) is 0 Å². The molecule has 0 bridgehead atoms. The second-order valence-corrected chi connectivity index (χ2v) is 2.87. The zero-order valence-corrected chi connectivity index (χ0v) is 7.53. The first kappa shape index (κ1) is 7.97. The monoisotopic (exact) mass is 178 g/mol. The molecule has 1 N–H and O–H groups in total. The molecular formula is C8H10N4O. The Labute approximate surface area is 74.4 Å². The summed E-state index contributed by atoms with van der Waals surface area (Å²) in [5.41, 5.74) is 0.746. The molecule has 5 heteroatoms. The molecule has 5 nitrogen and oxygen atoms in total. The number of fused-ring (bicyclic) bond motifs is 1. The van der Waals surface area contributed by atoms with Gasteiger partial charge in [0.25, 0.3) is 5.56 Å². The van der Waals surface area contributed by atoms with E-state index in [0.29, 0.717) is 11.6 Å². The van der Waals surface area contributed by atoms with Crippen LogP contribution >= 0.6 is 0 Å². The number of hydrogen-bond donors (Lipinski definition) is 1. The molecule has 13 heavy (non-hydrogen) atoms. The van der Waals surface area contributed by atoms with Gasteiger partial charge in [-0.3, -0.25) is 9.78 Å². The van der Waals surface area contributed by atoms with Crippen LogP contribution < -0.4 is 5.56 Å². The zero-order chi connectivity index (χ0) is 9.42. The number of aromatic amines is 1. The van der Waals surface area contributed by atoms with E-state index >= 15 is 0 Å². The van der Waals surface area contributed by atoms with Crippen LogP contribution in [0.2, 0.25) is 0 Å². The van der Waals surface area contributed by atoms with Crippen LogP contribution in [0.5, 0.6) is 0 Å². The standard InChI is InChI=1S/C8H10N4O/c1-3-6-4-7(13)10-8-9-5(2)11-12(6)8/h4H,3H2,1-2H3,(H,9,10,11,13). The molecule has 0 radical (unpaired) electrons. The van der Waals surface area contributed by atoms with Crippen molar-refractivity contribution >= 4 is 5.78 Å². The van der Waals surface area contributed by atoms with E-state index in [1.54, 1.807) is 17.5 Å². The minimum atomic E-state index is -0.128. The lowest BCUT2D eigenvalue weighted by molar-refractivity contribution is 0.831. The molecule has 0 aliphatic heterocycles. The lowest BCUT2D eigenvalue weighted by Crippen LogP contribution is -2.11. The minimum absolute atomic E-state index is 0.128. The lowest BCUT2D eigenvalue weighted by atomic mass is 10.3. The third-order valence-electron chi connectivity index (χ3n) is 1.88. The summed E-state index contributed by atoms with van der Waals surface area (Å²) in [7, 11) is 0. The van der Waals surface area contributed by atoms with Crippen molar-refractivity contribution < 1.29 is 0 Å². The van der Waals surface area contributed by atoms with Gasteiger partial charge in [0.05, 0.1) is 5.69 Å². The summed E-state index contributed by atoms with van der Waals surface area (Å²) in [5, 5.41) is 4.16. The van der Waals surface area contributed by atoms with Gasteiger partial charge < -0.3 is 0 Å². The Balaban J connectivity index is 2.88. The number of aryl methyl sites for hydroxylation is 2. The first-order valence-electron chi connectivity index (χ1n) is 4.16. The molecule has 0 aromatic carbocycles. The molecule has 2 aromatic heterocycles. The quantitative estimate of drug-likeness (QED) is 0.682. The highest BCUT2D eigenvalue weighted by Gasteiger charge is 2.04. The summed E-state index contributed by atoms with van der Waals surface area (Å²) in [6.07, 6.45) is 0.767. The van der Waals surface area contributed by atoms with E-state index in [0.717, 1.165) is 12.1 Å². The number of H-pyrrole nitrogens is 1. The van der Waals surface area contributed by atoms with Crippen molar-refractivity contribution in [1.29, 1.82) is 0 Å². The highest BCUT2D eigenvalue weighted by molar-refractivity contribution is 5.28. The zero-order valence-electron chi connectivity index (χ0n) is 7.53. The second-order valence-electron chi connectivity index (χ2n) is 2.87. The van der Waals surface area contributed by atoms with Crippen LogP contribution in [0.25, 0.3) is 5.78 Å². The summed E-state index contributed by atoms with van der Waals surface area (Å²) in [6.45, 7) is 3.77. The number of aromatic nitrogens is 4. The van der Waals surface area contributed by atoms with Crippen molar-refractivity contribution in [2.75, 3.05) is 0 Å². The van der Waals surface area contributed by atoms with Gasteiger partial charge in [-0.15, -0.1) is 0 Å². The third-order valence-corrected chi connectivity index (χ3v) is 1.88. The van der Waals surface area contributed by atoms with Crippen LogP contribution in [0, 0.1) is 6.92 Å². The van der Waals surface area contributed by atoms with Gasteiger partial charge in [0, 0.05) is 6.07 Å². The largest absolute Gasteiger partial charge is 0.291 e. The summed E-state index contributed by atoms with van der Waals surface area (Å²) in [6, 6.07) is 1.54. The highest BCUT2D eigenvalue weighted by atomic mass is 16.1. The molecular weight excluding hydrogens is 168 g/mol. The van der Waals surface area contributed by atoms with Gasteiger partial charge in [0.2, 0.25) is 5.78 Å². The van der Waals surface area contributed by atoms with Crippen molar-refractivity contribution in [3.05, 3.63) is 27.9 Å². The maximum Gasteiger partial charge on any atom is 0.252 e. The average Bonchev–Trinajstić information content (AvgIpc) is 2.43. The molecule has 0 amide bonds. The topological polar surface area (TPSA) is 63.0 Å². The number of hydrogen-bond acceptors (Lipinski definition) is 3. The molecule has 68 valence electrons. The Morgan fingerprint density at radius 1 is 1.62 bits per heavy atom. The predicted octanol–water partition coefficient (Wildman–Crippen LogP) is 0.288. The molecule has 2 rings (SSSR count). The molecule has 2 heterocycles. The predicted molar refractivity (Wildman–Crippen MR) is 47.7 cm³/mol. The van der Waals surface area contributed by atoms with Crippen LogP contribution in [0.3, 0.4) is 0 Å². The molecule has 0 aliphatic rings. The Morgan fingerprint density at radius 2 is 2.38 bits per heavy atom. The van der Waals surface area contributed by atoms with Gasteiger partial charge >= 0.3 is 0 Å². The number of nitrogens with one attached hydrogen (secondary N) is 1. The second kappa shape index (κ2) is 2.69. The SMILES string of the molecule is CCc1cc(=O)[nH]c2nc(C)nn12. The smallest absolute Gasteiger partial charge is 0.252 e. The molecule has 0 atom stereocenters. The summed E-state index contributed by atoms with van der Waals surface area (Å²) in [5.74, 6) is 1.18. The molecule has 0 spiro atoms. The van der Waals surface area contributed by atoms with Crippen LogP contribution in [0.4, 0.5) is 0 Å². The Bertz CT molecular complexity index is 496. The Hall–Kier alpha value is -1.65. The van der Waals surface area contributed by atoms with Crippen LogP contribution in [-0.4, -0.2) is 19.6 Å². The van der Waals surface area contributed by atoms with Crippen molar-refractivity contribution in [2.24, 2.45) is 0 Å². The number of rotatable bonds is 1. The van der Waals surface area contributed by atoms with Gasteiger partial charge in [-0.25, -0.2) is 4.52 Å². The molecule has 0 saturated heterocycles. The molecule has 0 unspecified atom stereocenters. The average molecular weight is 178 g/mol. The van der Waals surface area contributed by atoms with Gasteiger partial charge in [-0.2, -0.15) is 10.1 Å². The van der Waals surface area contributed by atoms with Gasteiger partial charge in [-0.05, 0) is 13.3 Å². The van der Waals surface area contributed by atoms with Gasteiger partial charge in [0.15, 0.2) is 0 Å². The first-order valence-corrected chi connectivity index (χ1v) is 4.16. The Morgan fingerprint density at radius 3 is 3.08 bits per heavy atom. The number of nitrogens with zero attached hydrogens (tertiary/aromatic N) is 3. The maximum absolute atomic E-state index is 11.1. The van der Waals surface area contributed by atoms with Gasteiger partial charge in [0.1, 0.15) is 5.82 Å². The van der Waals surface area contributed by atoms with Crippen molar-refractivity contribution in [1.82, 2.24) is 19.6 Å². The van der Waals surface area contributed by atoms with Crippen LogP contribution in [-0.2, 0) is 6.42 Å². The fourth-order valence-corrected chi connectivity index (χ4v) is 1.31. The van der Waals surface area contributed by atoms with E-state index in [1.165, 1.54) is 0 Å². The third kappa shape index (κ3) is 1.22. The molecule has 2 aromatic rings. The highest BCUT2D eigenvalue weighted by Crippen LogP contribution is 2.00. The van der Waals surface area contributed by atoms with E-state index in [9.17, 15) is 4.79 Å². The van der Waals surface area contributed by atoms with Crippen LogP contribution in [0.15, 0.2) is 10.9 Å². The molecule has 0 fully saturated rings. The van der Waals surface area contributed by atoms with Crippen LogP contribution in [0.1, 0.15) is 18.4 Å². The summed E-state index contributed by atoms with van der Waals surface area (Å²) >= 11 is 0. The van der Waals surface area contributed by atoms with E-state index < -0.39 is 0 Å². The fraction of sp³-hybridized carbons (Fsp3) is 0.375. The van der Waals surface area contributed by atoms with E-state index in [1.807, 2.05) is 6.92 Å². The first-order chi connectivity index (χ1) is 6.20. The van der Waals surface area contributed by atoms with E-state index in [-0.39, 0.29) is 5.56 Å². The molecule has 0 aliphatic carbocycles. The summed E-state index contributed by atoms with van der Waals surface area (Å²) < 4.78 is 1.66. The minimum Gasteiger partial charge on any atom is -0.291 e. The fourth-order valence-electron chi connectivity index (χ4n) is 1.31. The van der Waals surface area contributed by atoms with Crippen molar-refractivity contribution in [2.45, 2.75) is 20.3 Å².